The van der Waals surface area contributed by atoms with Gasteiger partial charge in [0.1, 0.15) is 0 Å². The van der Waals surface area contributed by atoms with Crippen LogP contribution in [0.4, 0.5) is 13.2 Å². The van der Waals surface area contributed by atoms with E-state index in [2.05, 4.69) is 5.10 Å². The fourth-order valence-corrected chi connectivity index (χ4v) is 1.87. The van der Waals surface area contributed by atoms with Gasteiger partial charge in [-0.25, -0.2) is 9.48 Å². The largest absolute Gasteiger partial charge is 0.477 e. The van der Waals surface area contributed by atoms with E-state index in [1.54, 1.807) is 14.1 Å². The van der Waals surface area contributed by atoms with E-state index in [0.717, 1.165) is 0 Å². The average Bonchev–Trinajstić information content (AvgIpc) is 2.92. The van der Waals surface area contributed by atoms with Crippen molar-refractivity contribution in [1.82, 2.24) is 14.7 Å². The molecular weight excluding hydrogens is 315 g/mol. The highest BCUT2D eigenvalue weighted by molar-refractivity contribution is 5.94. The van der Waals surface area contributed by atoms with Gasteiger partial charge in [0.25, 0.3) is 5.91 Å². The third-order valence-corrected chi connectivity index (χ3v) is 2.98. The Morgan fingerprint density at radius 3 is 2.17 bits per heavy atom. The summed E-state index contributed by atoms with van der Waals surface area (Å²) in [6.45, 7) is 0. The second-order valence-electron chi connectivity index (χ2n) is 4.88. The van der Waals surface area contributed by atoms with E-state index in [-0.39, 0.29) is 11.6 Å². The minimum absolute atomic E-state index is 0.105. The maximum Gasteiger partial charge on any atom is 0.435 e. The molecule has 1 aromatic heterocycles. The minimum atomic E-state index is -4.75. The van der Waals surface area contributed by atoms with Crippen LogP contribution in [0.15, 0.2) is 30.3 Å². The molecule has 0 radical (unpaired) electrons. The number of benzene rings is 1. The van der Waals surface area contributed by atoms with E-state index in [1.165, 1.54) is 29.2 Å². The summed E-state index contributed by atoms with van der Waals surface area (Å²) in [5, 5.41) is 12.3. The normalized spacial score (nSPS) is 11.3. The number of aromatic nitrogens is 2. The Bertz CT molecular complexity index is 749. The Labute approximate surface area is 128 Å². The molecule has 0 atom stereocenters. The number of rotatable bonds is 3. The molecule has 0 aliphatic rings. The van der Waals surface area contributed by atoms with Gasteiger partial charge in [0, 0.05) is 25.7 Å². The lowest BCUT2D eigenvalue weighted by molar-refractivity contribution is -0.141. The average molecular weight is 327 g/mol. The van der Waals surface area contributed by atoms with Gasteiger partial charge < -0.3 is 10.0 Å². The quantitative estimate of drug-likeness (QED) is 0.938. The molecule has 2 rings (SSSR count). The van der Waals surface area contributed by atoms with Crippen molar-refractivity contribution in [3.63, 3.8) is 0 Å². The van der Waals surface area contributed by atoms with Gasteiger partial charge in [0.05, 0.1) is 5.69 Å². The molecule has 0 spiro atoms. The smallest absolute Gasteiger partial charge is 0.435 e. The standard InChI is InChI=1S/C14H12F3N3O3/c1-19(2)12(21)8-3-5-9(6-4-8)20-10(13(22)23)7-11(18-20)14(15,16)17/h3-7H,1-2H3,(H,22,23). The number of carboxylic acid groups (broad SMARTS) is 1. The Kier molecular flexibility index (Phi) is 4.13. The number of hydrogen-bond donors (Lipinski definition) is 1. The van der Waals surface area contributed by atoms with Crippen LogP contribution in [-0.4, -0.2) is 45.8 Å². The van der Waals surface area contributed by atoms with Crippen molar-refractivity contribution in [2.24, 2.45) is 0 Å². The Balaban J connectivity index is 2.47. The van der Waals surface area contributed by atoms with Crippen molar-refractivity contribution in [2.45, 2.75) is 6.18 Å². The molecule has 0 unspecified atom stereocenters. The first-order valence-electron chi connectivity index (χ1n) is 6.34. The summed E-state index contributed by atoms with van der Waals surface area (Å²) in [7, 11) is 3.11. The number of carbonyl (C=O) groups excluding carboxylic acids is 1. The van der Waals surface area contributed by atoms with Crippen molar-refractivity contribution < 1.29 is 27.9 Å². The zero-order valence-corrected chi connectivity index (χ0v) is 12.1. The second-order valence-corrected chi connectivity index (χ2v) is 4.88. The van der Waals surface area contributed by atoms with Gasteiger partial charge in [-0.3, -0.25) is 4.79 Å². The predicted octanol–water partition coefficient (Wildman–Crippen LogP) is 2.29. The number of alkyl halides is 3. The van der Waals surface area contributed by atoms with Gasteiger partial charge in [-0.05, 0) is 24.3 Å². The summed E-state index contributed by atoms with van der Waals surface area (Å²) < 4.78 is 38.8. The van der Waals surface area contributed by atoms with Crippen LogP contribution in [0.25, 0.3) is 5.69 Å². The molecule has 1 N–H and O–H groups in total. The molecule has 0 aliphatic heterocycles. The number of carbonyl (C=O) groups is 2. The van der Waals surface area contributed by atoms with Crippen LogP contribution in [0.5, 0.6) is 0 Å². The molecule has 6 nitrogen and oxygen atoms in total. The van der Waals surface area contributed by atoms with E-state index in [0.29, 0.717) is 16.3 Å². The fourth-order valence-electron chi connectivity index (χ4n) is 1.87. The SMILES string of the molecule is CN(C)C(=O)c1ccc(-n2nc(C(F)(F)F)cc2C(=O)O)cc1. The predicted molar refractivity (Wildman–Crippen MR) is 73.5 cm³/mol. The molecule has 1 heterocycles. The highest BCUT2D eigenvalue weighted by atomic mass is 19.4. The highest BCUT2D eigenvalue weighted by Crippen LogP contribution is 2.29. The third-order valence-electron chi connectivity index (χ3n) is 2.98. The van der Waals surface area contributed by atoms with Gasteiger partial charge in [-0.1, -0.05) is 0 Å². The Morgan fingerprint density at radius 1 is 1.17 bits per heavy atom. The monoisotopic (exact) mass is 327 g/mol. The van der Waals surface area contributed by atoms with Gasteiger partial charge >= 0.3 is 12.1 Å². The van der Waals surface area contributed by atoms with Crippen molar-refractivity contribution in [2.75, 3.05) is 14.1 Å². The topological polar surface area (TPSA) is 75.4 Å². The molecule has 0 fully saturated rings. The number of halogens is 3. The first-order chi connectivity index (χ1) is 10.6. The molecule has 0 aliphatic carbocycles. The summed E-state index contributed by atoms with van der Waals surface area (Å²) >= 11 is 0. The van der Waals surface area contributed by atoms with Crippen LogP contribution < -0.4 is 0 Å². The molecule has 122 valence electrons. The Morgan fingerprint density at radius 2 is 1.74 bits per heavy atom. The van der Waals surface area contributed by atoms with Crippen LogP contribution in [0, 0.1) is 0 Å². The Hall–Kier alpha value is -2.84. The lowest BCUT2D eigenvalue weighted by Gasteiger charge is -2.11. The molecule has 9 heteroatoms. The maximum absolute atomic E-state index is 12.7. The van der Waals surface area contributed by atoms with Crippen LogP contribution in [0.3, 0.4) is 0 Å². The van der Waals surface area contributed by atoms with Crippen molar-refractivity contribution in [3.8, 4) is 5.69 Å². The van der Waals surface area contributed by atoms with E-state index < -0.39 is 23.5 Å². The number of carboxylic acids is 1. The zero-order valence-electron chi connectivity index (χ0n) is 12.1. The minimum Gasteiger partial charge on any atom is -0.477 e. The first-order valence-corrected chi connectivity index (χ1v) is 6.34. The zero-order chi connectivity index (χ0) is 17.4. The molecule has 2 aromatic rings. The van der Waals surface area contributed by atoms with Crippen molar-refractivity contribution in [1.29, 1.82) is 0 Å². The molecule has 0 saturated heterocycles. The second kappa shape index (κ2) is 5.75. The van der Waals surface area contributed by atoms with Gasteiger partial charge in [-0.2, -0.15) is 18.3 Å². The van der Waals surface area contributed by atoms with Gasteiger partial charge in [0.15, 0.2) is 11.4 Å². The van der Waals surface area contributed by atoms with E-state index >= 15 is 0 Å². The number of nitrogens with zero attached hydrogens (tertiary/aromatic N) is 3. The fraction of sp³-hybridized carbons (Fsp3) is 0.214. The maximum atomic E-state index is 12.7. The van der Waals surface area contributed by atoms with Crippen molar-refractivity contribution >= 4 is 11.9 Å². The summed E-state index contributed by atoms with van der Waals surface area (Å²) in [4.78, 5) is 24.2. The van der Waals surface area contributed by atoms with Crippen LogP contribution in [0.2, 0.25) is 0 Å². The summed E-state index contributed by atoms with van der Waals surface area (Å²) in [6, 6.07) is 5.89. The van der Waals surface area contributed by atoms with Crippen LogP contribution in [0.1, 0.15) is 26.5 Å². The van der Waals surface area contributed by atoms with E-state index in [1.807, 2.05) is 0 Å². The molecular formula is C14H12F3N3O3. The summed E-state index contributed by atoms with van der Waals surface area (Å²) in [5.41, 5.74) is -1.50. The lowest BCUT2D eigenvalue weighted by atomic mass is 10.2. The first kappa shape index (κ1) is 16.5. The molecule has 23 heavy (non-hydrogen) atoms. The molecule has 0 bridgehead atoms. The van der Waals surface area contributed by atoms with E-state index in [4.69, 9.17) is 5.11 Å². The molecule has 1 aromatic carbocycles. The molecule has 1 amide bonds. The number of aromatic carboxylic acids is 1. The van der Waals surface area contributed by atoms with Gasteiger partial charge in [0.2, 0.25) is 0 Å². The van der Waals surface area contributed by atoms with Gasteiger partial charge in [-0.15, -0.1) is 0 Å². The number of amides is 1. The van der Waals surface area contributed by atoms with Crippen LogP contribution >= 0.6 is 0 Å². The molecule has 0 saturated carbocycles. The third kappa shape index (κ3) is 3.33. The summed E-state index contributed by atoms with van der Waals surface area (Å²) in [5.74, 6) is -1.83. The number of hydrogen-bond acceptors (Lipinski definition) is 3. The lowest BCUT2D eigenvalue weighted by Crippen LogP contribution is -2.21. The van der Waals surface area contributed by atoms with E-state index in [9.17, 15) is 22.8 Å². The highest BCUT2D eigenvalue weighted by Gasteiger charge is 2.36. The van der Waals surface area contributed by atoms with Crippen molar-refractivity contribution in [3.05, 3.63) is 47.3 Å². The van der Waals surface area contributed by atoms with Crippen LogP contribution in [-0.2, 0) is 6.18 Å². The summed E-state index contributed by atoms with van der Waals surface area (Å²) in [6.07, 6.45) is -4.75.